The van der Waals surface area contributed by atoms with Crippen LogP contribution in [-0.4, -0.2) is 27.1 Å². The average molecular weight is 431 g/mol. The number of fused-ring (bicyclic) bond motifs is 1. The molecule has 4 aromatic rings. The van der Waals surface area contributed by atoms with Crippen molar-refractivity contribution in [3.8, 4) is 5.69 Å². The Hall–Kier alpha value is -3.58. The van der Waals surface area contributed by atoms with Gasteiger partial charge in [-0.2, -0.15) is 0 Å². The van der Waals surface area contributed by atoms with Gasteiger partial charge in [-0.05, 0) is 55.5 Å². The molecule has 0 radical (unpaired) electrons. The maximum absolute atomic E-state index is 12.5. The van der Waals surface area contributed by atoms with Crippen LogP contribution in [0.5, 0.6) is 0 Å². The van der Waals surface area contributed by atoms with E-state index >= 15 is 0 Å². The molecular weight excluding hydrogens is 408 g/mol. The second-order valence-corrected chi connectivity index (χ2v) is 8.09. The van der Waals surface area contributed by atoms with Gasteiger partial charge in [-0.15, -0.1) is 0 Å². The first-order valence-electron chi connectivity index (χ1n) is 9.84. The fraction of sp³-hybridized carbons (Fsp3) is 0.125. The Morgan fingerprint density at radius 3 is 2.23 bits per heavy atom. The maximum Gasteiger partial charge on any atom is 0.234 e. The monoisotopic (exact) mass is 430 g/mol. The smallest absolute Gasteiger partial charge is 0.234 e. The van der Waals surface area contributed by atoms with Crippen molar-refractivity contribution < 1.29 is 9.59 Å². The van der Waals surface area contributed by atoms with Gasteiger partial charge in [0.2, 0.25) is 11.8 Å². The summed E-state index contributed by atoms with van der Waals surface area (Å²) in [7, 11) is 0. The van der Waals surface area contributed by atoms with Crippen molar-refractivity contribution in [2.45, 2.75) is 19.0 Å². The molecule has 31 heavy (non-hydrogen) atoms. The van der Waals surface area contributed by atoms with Crippen LogP contribution in [0.3, 0.4) is 0 Å². The van der Waals surface area contributed by atoms with E-state index in [-0.39, 0.29) is 17.6 Å². The molecule has 6 nitrogen and oxygen atoms in total. The zero-order valence-corrected chi connectivity index (χ0v) is 18.1. The van der Waals surface area contributed by atoms with Crippen LogP contribution in [0.25, 0.3) is 16.7 Å². The number of amides is 2. The molecule has 0 saturated heterocycles. The maximum atomic E-state index is 12.5. The summed E-state index contributed by atoms with van der Waals surface area (Å²) >= 11 is 1.39. The third kappa shape index (κ3) is 4.95. The Kier molecular flexibility index (Phi) is 6.04. The van der Waals surface area contributed by atoms with Gasteiger partial charge < -0.3 is 10.6 Å². The van der Waals surface area contributed by atoms with Crippen molar-refractivity contribution >= 4 is 46.0 Å². The number of carbonyl (C=O) groups is 2. The molecule has 0 fully saturated rings. The zero-order chi connectivity index (χ0) is 21.8. The lowest BCUT2D eigenvalue weighted by molar-refractivity contribution is -0.114. The number of benzene rings is 3. The summed E-state index contributed by atoms with van der Waals surface area (Å²) < 4.78 is 2.08. The van der Waals surface area contributed by atoms with Gasteiger partial charge in [-0.3, -0.25) is 14.2 Å². The highest BCUT2D eigenvalue weighted by Gasteiger charge is 2.14. The number of nitrogens with zero attached hydrogens (tertiary/aromatic N) is 2. The van der Waals surface area contributed by atoms with Crippen molar-refractivity contribution in [2.24, 2.45) is 0 Å². The predicted octanol–water partition coefficient (Wildman–Crippen LogP) is 5.02. The molecule has 0 aliphatic heterocycles. The van der Waals surface area contributed by atoms with Crippen molar-refractivity contribution in [1.82, 2.24) is 9.55 Å². The summed E-state index contributed by atoms with van der Waals surface area (Å²) in [6.07, 6.45) is 0. The van der Waals surface area contributed by atoms with E-state index in [4.69, 9.17) is 4.98 Å². The molecule has 1 heterocycles. The second-order valence-electron chi connectivity index (χ2n) is 7.15. The van der Waals surface area contributed by atoms with Gasteiger partial charge in [0.1, 0.15) is 0 Å². The molecule has 7 heteroatoms. The predicted molar refractivity (Wildman–Crippen MR) is 126 cm³/mol. The average Bonchev–Trinajstić information content (AvgIpc) is 3.12. The largest absolute Gasteiger partial charge is 0.326 e. The highest BCUT2D eigenvalue weighted by atomic mass is 32.2. The molecule has 0 atom stereocenters. The Morgan fingerprint density at radius 2 is 1.55 bits per heavy atom. The summed E-state index contributed by atoms with van der Waals surface area (Å²) in [4.78, 5) is 28.4. The molecule has 2 amide bonds. The number of nitrogens with one attached hydrogen (secondary N) is 2. The third-order valence-electron chi connectivity index (χ3n) is 4.64. The molecule has 2 N–H and O–H groups in total. The molecule has 156 valence electrons. The molecule has 3 aromatic carbocycles. The number of hydrogen-bond acceptors (Lipinski definition) is 4. The second kappa shape index (κ2) is 9.06. The number of anilines is 2. The van der Waals surface area contributed by atoms with Crippen LogP contribution in [-0.2, 0) is 9.59 Å². The topological polar surface area (TPSA) is 76.0 Å². The van der Waals surface area contributed by atoms with Crippen LogP contribution in [0.15, 0.2) is 78.0 Å². The van der Waals surface area contributed by atoms with Crippen molar-refractivity contribution in [3.63, 3.8) is 0 Å². The van der Waals surface area contributed by atoms with Gasteiger partial charge in [0, 0.05) is 24.0 Å². The SMILES string of the molecule is CC(=O)Nc1ccc(NC(=O)CSc2nc3ccccc3n2-c2ccc(C)cc2)cc1. The number of imidazole rings is 1. The molecule has 0 saturated carbocycles. The summed E-state index contributed by atoms with van der Waals surface area (Å²) in [5, 5.41) is 6.35. The van der Waals surface area contributed by atoms with E-state index in [1.807, 2.05) is 24.3 Å². The number of rotatable bonds is 6. The van der Waals surface area contributed by atoms with E-state index in [1.165, 1.54) is 24.2 Å². The minimum Gasteiger partial charge on any atom is -0.326 e. The minimum atomic E-state index is -0.135. The van der Waals surface area contributed by atoms with Crippen LogP contribution in [0.4, 0.5) is 11.4 Å². The lowest BCUT2D eigenvalue weighted by Crippen LogP contribution is -2.14. The lowest BCUT2D eigenvalue weighted by atomic mass is 10.2. The first-order valence-corrected chi connectivity index (χ1v) is 10.8. The number of carbonyl (C=O) groups excluding carboxylic acids is 2. The van der Waals surface area contributed by atoms with Crippen molar-refractivity contribution in [3.05, 3.63) is 78.4 Å². The molecule has 0 spiro atoms. The van der Waals surface area contributed by atoms with Crippen LogP contribution in [0.2, 0.25) is 0 Å². The van der Waals surface area contributed by atoms with Crippen molar-refractivity contribution in [1.29, 1.82) is 0 Å². The molecule has 0 aliphatic carbocycles. The molecule has 4 rings (SSSR count). The van der Waals surface area contributed by atoms with Gasteiger partial charge >= 0.3 is 0 Å². The molecule has 1 aromatic heterocycles. The quantitative estimate of drug-likeness (QED) is 0.421. The minimum absolute atomic E-state index is 0.125. The summed E-state index contributed by atoms with van der Waals surface area (Å²) in [6, 6.07) is 23.2. The first-order chi connectivity index (χ1) is 15.0. The Bertz CT molecular complexity index is 1230. The van der Waals surface area contributed by atoms with E-state index in [2.05, 4.69) is 46.4 Å². The van der Waals surface area contributed by atoms with E-state index in [1.54, 1.807) is 24.3 Å². The number of aryl methyl sites for hydroxylation is 1. The van der Waals surface area contributed by atoms with E-state index < -0.39 is 0 Å². The Balaban J connectivity index is 1.50. The van der Waals surface area contributed by atoms with Gasteiger partial charge in [-0.1, -0.05) is 41.6 Å². The molecule has 0 unspecified atom stereocenters. The Labute approximate surface area is 184 Å². The third-order valence-corrected chi connectivity index (χ3v) is 5.58. The summed E-state index contributed by atoms with van der Waals surface area (Å²) in [5.41, 5.74) is 5.45. The van der Waals surface area contributed by atoms with Gasteiger partial charge in [-0.25, -0.2) is 4.98 Å². The normalized spacial score (nSPS) is 10.8. The van der Waals surface area contributed by atoms with Gasteiger partial charge in [0.25, 0.3) is 0 Å². The van der Waals surface area contributed by atoms with E-state index in [9.17, 15) is 9.59 Å². The molecule has 0 bridgehead atoms. The number of aromatic nitrogens is 2. The van der Waals surface area contributed by atoms with E-state index in [0.717, 1.165) is 21.9 Å². The summed E-state index contributed by atoms with van der Waals surface area (Å²) in [6.45, 7) is 3.51. The number of thioether (sulfide) groups is 1. The van der Waals surface area contributed by atoms with Gasteiger partial charge in [0.15, 0.2) is 5.16 Å². The standard InChI is InChI=1S/C24H22N4O2S/c1-16-7-13-20(14-8-16)28-22-6-4-3-5-21(22)27-24(28)31-15-23(30)26-19-11-9-18(10-12-19)25-17(2)29/h3-14H,15H2,1-2H3,(H,25,29)(H,26,30). The Morgan fingerprint density at radius 1 is 0.903 bits per heavy atom. The fourth-order valence-electron chi connectivity index (χ4n) is 3.21. The highest BCUT2D eigenvalue weighted by Crippen LogP contribution is 2.28. The van der Waals surface area contributed by atoms with Crippen LogP contribution < -0.4 is 10.6 Å². The zero-order valence-electron chi connectivity index (χ0n) is 17.3. The molecule has 0 aliphatic rings. The number of hydrogen-bond donors (Lipinski definition) is 2. The van der Waals surface area contributed by atoms with E-state index in [0.29, 0.717) is 11.4 Å². The highest BCUT2D eigenvalue weighted by molar-refractivity contribution is 7.99. The van der Waals surface area contributed by atoms with Crippen LogP contribution in [0.1, 0.15) is 12.5 Å². The number of para-hydroxylation sites is 2. The van der Waals surface area contributed by atoms with Crippen molar-refractivity contribution in [2.75, 3.05) is 16.4 Å². The fourth-order valence-corrected chi connectivity index (χ4v) is 4.04. The van der Waals surface area contributed by atoms with Gasteiger partial charge in [0.05, 0.1) is 16.8 Å². The summed E-state index contributed by atoms with van der Waals surface area (Å²) in [5.74, 6) is -0.0349. The van der Waals surface area contributed by atoms with Crippen LogP contribution >= 0.6 is 11.8 Å². The molecular formula is C24H22N4O2S. The van der Waals surface area contributed by atoms with Crippen LogP contribution in [0, 0.1) is 6.92 Å². The lowest BCUT2D eigenvalue weighted by Gasteiger charge is -2.10. The first kappa shape index (κ1) is 20.7.